The van der Waals surface area contributed by atoms with E-state index < -0.39 is 5.97 Å². The van der Waals surface area contributed by atoms with E-state index in [1.54, 1.807) is 0 Å². The fourth-order valence-electron chi connectivity index (χ4n) is 2.19. The maximum atomic E-state index is 11.3. The van der Waals surface area contributed by atoms with Crippen LogP contribution in [0.15, 0.2) is 10.6 Å². The molecule has 0 bridgehead atoms. The molecule has 2 rings (SSSR count). The average molecular weight is 253 g/mol. The van der Waals surface area contributed by atoms with Crippen LogP contribution >= 0.6 is 0 Å². The molecule has 98 valence electrons. The first-order valence-electron chi connectivity index (χ1n) is 5.80. The summed E-state index contributed by atoms with van der Waals surface area (Å²) < 4.78 is 4.93. The first kappa shape index (κ1) is 12.6. The SMILES string of the molecule is NC(=O)C1CCCCN1Cc1cc(C(=O)O)no1. The molecule has 1 amide bonds. The van der Waals surface area contributed by atoms with Crippen LogP contribution in [0.4, 0.5) is 0 Å². The molecule has 1 saturated heterocycles. The lowest BCUT2D eigenvalue weighted by Crippen LogP contribution is -2.47. The van der Waals surface area contributed by atoms with Gasteiger partial charge in [-0.05, 0) is 19.4 Å². The van der Waals surface area contributed by atoms with Crippen molar-refractivity contribution < 1.29 is 19.2 Å². The van der Waals surface area contributed by atoms with Crippen molar-refractivity contribution in [1.29, 1.82) is 0 Å². The van der Waals surface area contributed by atoms with Gasteiger partial charge in [-0.15, -0.1) is 0 Å². The van der Waals surface area contributed by atoms with Gasteiger partial charge in [0, 0.05) is 6.07 Å². The second kappa shape index (κ2) is 5.18. The van der Waals surface area contributed by atoms with Crippen molar-refractivity contribution in [2.45, 2.75) is 31.8 Å². The number of nitrogens with zero attached hydrogens (tertiary/aromatic N) is 2. The van der Waals surface area contributed by atoms with Gasteiger partial charge in [-0.3, -0.25) is 9.69 Å². The van der Waals surface area contributed by atoms with Gasteiger partial charge in [0.25, 0.3) is 0 Å². The topological polar surface area (TPSA) is 110 Å². The molecular weight excluding hydrogens is 238 g/mol. The number of rotatable bonds is 4. The molecule has 1 fully saturated rings. The molecule has 1 aromatic heterocycles. The summed E-state index contributed by atoms with van der Waals surface area (Å²) in [5.74, 6) is -1.05. The third-order valence-electron chi connectivity index (χ3n) is 3.08. The molecule has 2 heterocycles. The van der Waals surface area contributed by atoms with Crippen molar-refractivity contribution in [3.8, 4) is 0 Å². The Balaban J connectivity index is 2.06. The minimum absolute atomic E-state index is 0.127. The number of hydrogen-bond donors (Lipinski definition) is 2. The first-order chi connectivity index (χ1) is 8.58. The lowest BCUT2D eigenvalue weighted by atomic mass is 10.0. The van der Waals surface area contributed by atoms with Crippen molar-refractivity contribution in [3.05, 3.63) is 17.5 Å². The Morgan fingerprint density at radius 3 is 2.94 bits per heavy atom. The Kier molecular flexibility index (Phi) is 3.61. The largest absolute Gasteiger partial charge is 0.476 e. The molecule has 7 nitrogen and oxygen atoms in total. The summed E-state index contributed by atoms with van der Waals surface area (Å²) in [6.07, 6.45) is 2.69. The number of carboxylic acid groups (broad SMARTS) is 1. The molecule has 0 spiro atoms. The normalized spacial score (nSPS) is 20.8. The van der Waals surface area contributed by atoms with Gasteiger partial charge in [-0.2, -0.15) is 0 Å². The molecule has 0 radical (unpaired) electrons. The molecule has 0 aliphatic carbocycles. The van der Waals surface area contributed by atoms with E-state index in [2.05, 4.69) is 5.16 Å². The summed E-state index contributed by atoms with van der Waals surface area (Å²) in [5.41, 5.74) is 5.22. The van der Waals surface area contributed by atoms with Crippen LogP contribution in [0, 0.1) is 0 Å². The van der Waals surface area contributed by atoms with E-state index in [0.29, 0.717) is 12.3 Å². The van der Waals surface area contributed by atoms with E-state index in [1.165, 1.54) is 6.07 Å². The summed E-state index contributed by atoms with van der Waals surface area (Å²) in [6, 6.07) is 1.06. The minimum atomic E-state index is -1.13. The highest BCUT2D eigenvalue weighted by molar-refractivity contribution is 5.85. The number of likely N-dealkylation sites (tertiary alicyclic amines) is 1. The predicted octanol–water partition coefficient (Wildman–Crippen LogP) is 0.213. The minimum Gasteiger partial charge on any atom is -0.476 e. The van der Waals surface area contributed by atoms with E-state index in [1.807, 2.05) is 4.90 Å². The Bertz CT molecular complexity index is 457. The van der Waals surface area contributed by atoms with E-state index in [9.17, 15) is 9.59 Å². The zero-order valence-corrected chi connectivity index (χ0v) is 9.83. The van der Waals surface area contributed by atoms with Crippen molar-refractivity contribution in [3.63, 3.8) is 0 Å². The van der Waals surface area contributed by atoms with Gasteiger partial charge in [-0.1, -0.05) is 11.6 Å². The molecule has 3 N–H and O–H groups in total. The molecule has 1 aliphatic heterocycles. The van der Waals surface area contributed by atoms with Crippen LogP contribution in [0.2, 0.25) is 0 Å². The van der Waals surface area contributed by atoms with E-state index in [4.69, 9.17) is 15.4 Å². The van der Waals surface area contributed by atoms with E-state index in [-0.39, 0.29) is 17.6 Å². The number of hydrogen-bond acceptors (Lipinski definition) is 5. The third-order valence-corrected chi connectivity index (χ3v) is 3.08. The van der Waals surface area contributed by atoms with Crippen LogP contribution in [0.25, 0.3) is 0 Å². The van der Waals surface area contributed by atoms with Crippen molar-refractivity contribution in [2.24, 2.45) is 5.73 Å². The van der Waals surface area contributed by atoms with Gasteiger partial charge >= 0.3 is 5.97 Å². The Morgan fingerprint density at radius 2 is 2.33 bits per heavy atom. The fraction of sp³-hybridized carbons (Fsp3) is 0.545. The van der Waals surface area contributed by atoms with Gasteiger partial charge in [-0.25, -0.2) is 4.79 Å². The highest BCUT2D eigenvalue weighted by atomic mass is 16.5. The van der Waals surface area contributed by atoms with Crippen LogP contribution in [-0.4, -0.2) is 39.6 Å². The highest BCUT2D eigenvalue weighted by Crippen LogP contribution is 2.19. The number of carboxylic acids is 1. The van der Waals surface area contributed by atoms with Crippen molar-refractivity contribution >= 4 is 11.9 Å². The molecule has 1 aromatic rings. The molecule has 7 heteroatoms. The number of aromatic carboxylic acids is 1. The second-order valence-electron chi connectivity index (χ2n) is 4.37. The van der Waals surface area contributed by atoms with Crippen molar-refractivity contribution in [2.75, 3.05) is 6.54 Å². The van der Waals surface area contributed by atoms with Crippen molar-refractivity contribution in [1.82, 2.24) is 10.1 Å². The zero-order chi connectivity index (χ0) is 13.1. The van der Waals surface area contributed by atoms with Crippen LogP contribution in [0.5, 0.6) is 0 Å². The number of carbonyl (C=O) groups is 2. The van der Waals surface area contributed by atoms with E-state index in [0.717, 1.165) is 25.8 Å². The van der Waals surface area contributed by atoms with Gasteiger partial charge in [0.2, 0.25) is 5.91 Å². The molecule has 0 saturated carbocycles. The monoisotopic (exact) mass is 253 g/mol. The molecule has 18 heavy (non-hydrogen) atoms. The summed E-state index contributed by atoms with van der Waals surface area (Å²) >= 11 is 0. The number of amides is 1. The zero-order valence-electron chi connectivity index (χ0n) is 9.83. The summed E-state index contributed by atoms with van der Waals surface area (Å²) in [4.78, 5) is 23.9. The molecular formula is C11H15N3O4. The number of nitrogens with two attached hydrogens (primary N) is 1. The molecule has 0 aromatic carbocycles. The smallest absolute Gasteiger partial charge is 0.358 e. The number of piperidine rings is 1. The van der Waals surface area contributed by atoms with Crippen LogP contribution in [0.1, 0.15) is 35.5 Å². The van der Waals surface area contributed by atoms with Gasteiger partial charge in [0.15, 0.2) is 11.5 Å². The van der Waals surface area contributed by atoms with Gasteiger partial charge in [0.05, 0.1) is 12.6 Å². The summed E-state index contributed by atoms with van der Waals surface area (Å²) in [5, 5.41) is 12.2. The predicted molar refractivity (Wildman–Crippen MR) is 60.7 cm³/mol. The molecule has 1 unspecified atom stereocenters. The highest BCUT2D eigenvalue weighted by Gasteiger charge is 2.28. The third kappa shape index (κ3) is 2.67. The average Bonchev–Trinajstić information content (AvgIpc) is 2.78. The lowest BCUT2D eigenvalue weighted by Gasteiger charge is -2.32. The number of primary amides is 1. The number of carbonyl (C=O) groups excluding carboxylic acids is 1. The Morgan fingerprint density at radius 1 is 1.56 bits per heavy atom. The lowest BCUT2D eigenvalue weighted by molar-refractivity contribution is -0.124. The standard InChI is InChI=1S/C11H15N3O4/c12-10(15)9-3-1-2-4-14(9)6-7-5-8(11(16)17)13-18-7/h5,9H,1-4,6H2,(H2,12,15)(H,16,17). The number of aromatic nitrogens is 1. The first-order valence-corrected chi connectivity index (χ1v) is 5.80. The van der Waals surface area contributed by atoms with Gasteiger partial charge < -0.3 is 15.4 Å². The maximum absolute atomic E-state index is 11.3. The molecule has 1 atom stereocenters. The maximum Gasteiger partial charge on any atom is 0.358 e. The molecule has 1 aliphatic rings. The quantitative estimate of drug-likeness (QED) is 0.793. The Labute approximate surface area is 104 Å². The van der Waals surface area contributed by atoms with Crippen LogP contribution in [0.3, 0.4) is 0 Å². The van der Waals surface area contributed by atoms with E-state index >= 15 is 0 Å². The van der Waals surface area contributed by atoms with Crippen LogP contribution < -0.4 is 5.73 Å². The van der Waals surface area contributed by atoms with Crippen LogP contribution in [-0.2, 0) is 11.3 Å². The summed E-state index contributed by atoms with van der Waals surface area (Å²) in [7, 11) is 0. The summed E-state index contributed by atoms with van der Waals surface area (Å²) in [6.45, 7) is 1.10. The second-order valence-corrected chi connectivity index (χ2v) is 4.37. The van der Waals surface area contributed by atoms with Gasteiger partial charge in [0.1, 0.15) is 0 Å². The fourth-order valence-corrected chi connectivity index (χ4v) is 2.19. The Hall–Kier alpha value is -1.89.